The van der Waals surface area contributed by atoms with Crippen molar-refractivity contribution >= 4 is 28.1 Å². The number of aromatic amines is 1. The van der Waals surface area contributed by atoms with Gasteiger partial charge in [-0.1, -0.05) is 12.2 Å². The molecular formula is C14H21N3O4S2. The topological polar surface area (TPSA) is 91.5 Å². The number of nitrogens with one attached hydrogen (secondary N) is 2. The van der Waals surface area contributed by atoms with Crippen LogP contribution in [-0.2, 0) is 14.8 Å². The monoisotopic (exact) mass is 359 g/mol. The first kappa shape index (κ1) is 18.1. The second kappa shape index (κ2) is 7.52. The highest BCUT2D eigenvalue weighted by Crippen LogP contribution is 2.14. The number of ether oxygens (including phenoxy) is 1. The van der Waals surface area contributed by atoms with Crippen LogP contribution in [0.5, 0.6) is 0 Å². The molecule has 0 unspecified atom stereocenters. The van der Waals surface area contributed by atoms with Crippen LogP contribution in [0, 0.1) is 4.64 Å². The van der Waals surface area contributed by atoms with Gasteiger partial charge in [0.1, 0.15) is 4.64 Å². The molecule has 9 heteroatoms. The van der Waals surface area contributed by atoms with Gasteiger partial charge in [-0.3, -0.25) is 4.79 Å². The van der Waals surface area contributed by atoms with E-state index in [9.17, 15) is 13.2 Å². The van der Waals surface area contributed by atoms with Crippen molar-refractivity contribution in [3.05, 3.63) is 28.5 Å². The number of H-pyrrole nitrogens is 1. The largest absolute Gasteiger partial charge is 0.373 e. The number of pyridine rings is 1. The number of carbonyl (C=O) groups is 1. The lowest BCUT2D eigenvalue weighted by Gasteiger charge is -2.34. The molecule has 2 heterocycles. The van der Waals surface area contributed by atoms with Gasteiger partial charge in [-0.2, -0.15) is 4.31 Å². The third-order valence-electron chi connectivity index (χ3n) is 3.49. The van der Waals surface area contributed by atoms with Crippen molar-refractivity contribution < 1.29 is 17.9 Å². The highest BCUT2D eigenvalue weighted by Gasteiger charge is 2.30. The molecule has 0 aliphatic carbocycles. The fourth-order valence-corrected chi connectivity index (χ4v) is 4.20. The first-order chi connectivity index (χ1) is 10.8. The molecule has 0 bridgehead atoms. The first-order valence-corrected chi connectivity index (χ1v) is 9.40. The molecule has 1 saturated heterocycles. The van der Waals surface area contributed by atoms with Gasteiger partial charge >= 0.3 is 0 Å². The summed E-state index contributed by atoms with van der Waals surface area (Å²) in [6.45, 7) is 4.40. The van der Waals surface area contributed by atoms with Crippen molar-refractivity contribution in [2.45, 2.75) is 26.1 Å². The van der Waals surface area contributed by atoms with Crippen molar-refractivity contribution in [3.8, 4) is 0 Å². The first-order valence-electron chi connectivity index (χ1n) is 7.39. The average molecular weight is 359 g/mol. The standard InChI is InChI=1S/C14H21N3O4S2/c1-10-8-17(9-11(2)21-10)23(19,20)7-6-15-13(18)12-4-3-5-16-14(12)22/h3-5,10-11H,6-9H2,1-2H3,(H,15,18)(H,16,22)/t10-,11+. The van der Waals surface area contributed by atoms with Crippen LogP contribution in [0.4, 0.5) is 0 Å². The molecule has 1 amide bonds. The zero-order chi connectivity index (χ0) is 17.0. The Morgan fingerprint density at radius 2 is 2.09 bits per heavy atom. The summed E-state index contributed by atoms with van der Waals surface area (Å²) >= 11 is 5.02. The Morgan fingerprint density at radius 1 is 1.43 bits per heavy atom. The van der Waals surface area contributed by atoms with Crippen molar-refractivity contribution in [2.24, 2.45) is 0 Å². The summed E-state index contributed by atoms with van der Waals surface area (Å²) in [5.41, 5.74) is 0.327. The highest BCUT2D eigenvalue weighted by atomic mass is 32.2. The van der Waals surface area contributed by atoms with E-state index in [1.165, 1.54) is 4.31 Å². The zero-order valence-electron chi connectivity index (χ0n) is 13.1. The van der Waals surface area contributed by atoms with Gasteiger partial charge in [-0.25, -0.2) is 8.42 Å². The molecule has 23 heavy (non-hydrogen) atoms. The molecule has 7 nitrogen and oxygen atoms in total. The van der Waals surface area contributed by atoms with Crippen LogP contribution in [0.2, 0.25) is 0 Å². The maximum Gasteiger partial charge on any atom is 0.254 e. The van der Waals surface area contributed by atoms with Gasteiger partial charge in [0.15, 0.2) is 0 Å². The zero-order valence-corrected chi connectivity index (χ0v) is 14.7. The number of sulfonamides is 1. The number of nitrogens with zero attached hydrogens (tertiary/aromatic N) is 1. The molecule has 0 radical (unpaired) electrons. The lowest BCUT2D eigenvalue weighted by molar-refractivity contribution is -0.0440. The second-order valence-electron chi connectivity index (χ2n) is 5.56. The molecule has 2 N–H and O–H groups in total. The van der Waals surface area contributed by atoms with Crippen LogP contribution in [0.3, 0.4) is 0 Å². The van der Waals surface area contributed by atoms with Crippen LogP contribution in [0.1, 0.15) is 24.2 Å². The van der Waals surface area contributed by atoms with Gasteiger partial charge in [0.25, 0.3) is 5.91 Å². The van der Waals surface area contributed by atoms with E-state index in [2.05, 4.69) is 10.3 Å². The maximum absolute atomic E-state index is 12.4. The predicted molar refractivity (Wildman–Crippen MR) is 89.3 cm³/mol. The predicted octanol–water partition coefficient (Wildman–Crippen LogP) is 0.913. The van der Waals surface area contributed by atoms with Gasteiger partial charge in [0.2, 0.25) is 10.0 Å². The van der Waals surface area contributed by atoms with Gasteiger partial charge in [0, 0.05) is 25.8 Å². The smallest absolute Gasteiger partial charge is 0.254 e. The summed E-state index contributed by atoms with van der Waals surface area (Å²) in [7, 11) is -3.43. The van der Waals surface area contributed by atoms with E-state index in [-0.39, 0.29) is 30.4 Å². The summed E-state index contributed by atoms with van der Waals surface area (Å²) in [6.07, 6.45) is 1.36. The molecule has 1 fully saturated rings. The summed E-state index contributed by atoms with van der Waals surface area (Å²) < 4.78 is 32.0. The van der Waals surface area contributed by atoms with Gasteiger partial charge in [-0.15, -0.1) is 0 Å². The molecule has 2 rings (SSSR count). The molecule has 1 aliphatic rings. The SMILES string of the molecule is C[C@@H]1CN(S(=O)(=O)CCNC(=O)c2ccc[nH]c2=S)C[C@H](C)O1. The Hall–Kier alpha value is -1.29. The third kappa shape index (κ3) is 4.84. The van der Waals surface area contributed by atoms with E-state index < -0.39 is 10.0 Å². The van der Waals surface area contributed by atoms with Gasteiger partial charge < -0.3 is 15.0 Å². The summed E-state index contributed by atoms with van der Waals surface area (Å²) in [6, 6.07) is 3.26. The van der Waals surface area contributed by atoms with E-state index in [0.717, 1.165) is 0 Å². The summed E-state index contributed by atoms with van der Waals surface area (Å²) in [4.78, 5) is 14.8. The minimum atomic E-state index is -3.43. The van der Waals surface area contributed by atoms with E-state index in [1.807, 2.05) is 13.8 Å². The van der Waals surface area contributed by atoms with E-state index in [4.69, 9.17) is 17.0 Å². The van der Waals surface area contributed by atoms with Gasteiger partial charge in [0.05, 0.1) is 23.5 Å². The fraction of sp³-hybridized carbons (Fsp3) is 0.571. The molecule has 1 aromatic heterocycles. The van der Waals surface area contributed by atoms with Crippen LogP contribution >= 0.6 is 12.2 Å². The number of morpholine rings is 1. The number of carbonyl (C=O) groups excluding carboxylic acids is 1. The Bertz CT molecular complexity index is 707. The van der Waals surface area contributed by atoms with E-state index in [1.54, 1.807) is 18.3 Å². The number of amides is 1. The molecule has 0 spiro atoms. The Labute approximate surface area is 141 Å². The number of hydrogen-bond acceptors (Lipinski definition) is 5. The lowest BCUT2D eigenvalue weighted by Crippen LogP contribution is -2.49. The number of aromatic nitrogens is 1. The molecular weight excluding hydrogens is 338 g/mol. The minimum absolute atomic E-state index is 0.0327. The van der Waals surface area contributed by atoms with Crippen LogP contribution < -0.4 is 5.32 Å². The van der Waals surface area contributed by atoms with E-state index >= 15 is 0 Å². The Kier molecular flexibility index (Phi) is 5.90. The highest BCUT2D eigenvalue weighted by molar-refractivity contribution is 7.89. The van der Waals surface area contributed by atoms with Crippen LogP contribution in [-0.4, -0.2) is 61.2 Å². The minimum Gasteiger partial charge on any atom is -0.373 e. The van der Waals surface area contributed by atoms with Crippen molar-refractivity contribution in [2.75, 3.05) is 25.4 Å². The Balaban J connectivity index is 1.91. The lowest BCUT2D eigenvalue weighted by atomic mass is 10.3. The van der Waals surface area contributed by atoms with Crippen molar-refractivity contribution in [1.82, 2.24) is 14.6 Å². The van der Waals surface area contributed by atoms with Crippen LogP contribution in [0.25, 0.3) is 0 Å². The normalized spacial score (nSPS) is 22.7. The maximum atomic E-state index is 12.4. The second-order valence-corrected chi connectivity index (χ2v) is 8.06. The average Bonchev–Trinajstić information content (AvgIpc) is 2.46. The Morgan fingerprint density at radius 3 is 2.70 bits per heavy atom. The van der Waals surface area contributed by atoms with Gasteiger partial charge in [-0.05, 0) is 26.0 Å². The number of rotatable bonds is 5. The summed E-state index contributed by atoms with van der Waals surface area (Å²) in [5, 5.41) is 2.59. The molecule has 1 aliphatic heterocycles. The van der Waals surface area contributed by atoms with E-state index in [0.29, 0.717) is 23.3 Å². The fourth-order valence-electron chi connectivity index (χ4n) is 2.48. The molecule has 2 atom stereocenters. The van der Waals surface area contributed by atoms with Crippen LogP contribution in [0.15, 0.2) is 18.3 Å². The molecule has 0 saturated carbocycles. The number of hydrogen-bond donors (Lipinski definition) is 2. The molecule has 0 aromatic carbocycles. The quantitative estimate of drug-likeness (QED) is 0.763. The molecule has 1 aromatic rings. The van der Waals surface area contributed by atoms with Crippen molar-refractivity contribution in [1.29, 1.82) is 0 Å². The van der Waals surface area contributed by atoms with Crippen molar-refractivity contribution in [3.63, 3.8) is 0 Å². The molecule has 128 valence electrons. The third-order valence-corrected chi connectivity index (χ3v) is 5.63. The summed E-state index contributed by atoms with van der Waals surface area (Å²) in [5.74, 6) is -0.535.